The maximum absolute atomic E-state index is 13.0. The minimum absolute atomic E-state index is 0.0749. The van der Waals surface area contributed by atoms with Crippen LogP contribution in [-0.2, 0) is 16.1 Å². The average Bonchev–Trinajstić information content (AvgIpc) is 3.49. The zero-order chi connectivity index (χ0) is 25.8. The first-order valence-corrected chi connectivity index (χ1v) is 12.4. The third-order valence-corrected chi connectivity index (χ3v) is 7.00. The number of amides is 2. The van der Waals surface area contributed by atoms with Crippen LogP contribution in [0.25, 0.3) is 11.1 Å². The summed E-state index contributed by atoms with van der Waals surface area (Å²) in [5.41, 5.74) is 5.29. The molecule has 1 aliphatic rings. The predicted molar refractivity (Wildman–Crippen MR) is 140 cm³/mol. The van der Waals surface area contributed by atoms with E-state index in [0.29, 0.717) is 0 Å². The SMILES string of the molecule is O=C(O)CN(Cc1ccccc1)C(=O)c1cnc(NC(=O)OCC2c3ccccc3-c3ccccc32)s1. The summed E-state index contributed by atoms with van der Waals surface area (Å²) in [4.78, 5) is 42.4. The number of ether oxygens (including phenoxy) is 1. The van der Waals surface area contributed by atoms with Gasteiger partial charge in [-0.1, -0.05) is 90.2 Å². The fraction of sp³-hybridized carbons (Fsp3) is 0.143. The van der Waals surface area contributed by atoms with E-state index in [9.17, 15) is 19.5 Å². The van der Waals surface area contributed by atoms with Crippen molar-refractivity contribution in [3.05, 3.63) is 107 Å². The Morgan fingerprint density at radius 1 is 0.919 bits per heavy atom. The van der Waals surface area contributed by atoms with Gasteiger partial charge in [-0.3, -0.25) is 14.9 Å². The summed E-state index contributed by atoms with van der Waals surface area (Å²) < 4.78 is 5.54. The van der Waals surface area contributed by atoms with Crippen molar-refractivity contribution in [1.82, 2.24) is 9.88 Å². The Morgan fingerprint density at radius 3 is 2.19 bits per heavy atom. The number of nitrogens with zero attached hydrogens (tertiary/aromatic N) is 2. The third kappa shape index (κ3) is 5.36. The summed E-state index contributed by atoms with van der Waals surface area (Å²) in [6.07, 6.45) is 0.647. The van der Waals surface area contributed by atoms with Crippen LogP contribution in [0.3, 0.4) is 0 Å². The number of fused-ring (bicyclic) bond motifs is 3. The molecule has 0 fully saturated rings. The zero-order valence-electron chi connectivity index (χ0n) is 19.7. The van der Waals surface area contributed by atoms with Gasteiger partial charge in [0.05, 0.1) is 6.20 Å². The number of thiazole rings is 1. The number of hydrogen-bond donors (Lipinski definition) is 2. The van der Waals surface area contributed by atoms with Crippen molar-refractivity contribution in [3.63, 3.8) is 0 Å². The van der Waals surface area contributed by atoms with Gasteiger partial charge in [0.2, 0.25) is 0 Å². The van der Waals surface area contributed by atoms with Crippen molar-refractivity contribution in [3.8, 4) is 11.1 Å². The van der Waals surface area contributed by atoms with Crippen LogP contribution in [0.5, 0.6) is 0 Å². The lowest BCUT2D eigenvalue weighted by Gasteiger charge is -2.19. The smallest absolute Gasteiger partial charge is 0.413 e. The Hall–Kier alpha value is -4.50. The Kier molecular flexibility index (Phi) is 6.96. The van der Waals surface area contributed by atoms with Crippen molar-refractivity contribution >= 4 is 34.4 Å². The molecule has 1 heterocycles. The van der Waals surface area contributed by atoms with Gasteiger partial charge in [-0.25, -0.2) is 9.78 Å². The predicted octanol–water partition coefficient (Wildman–Crippen LogP) is 5.23. The lowest BCUT2D eigenvalue weighted by molar-refractivity contribution is -0.137. The van der Waals surface area contributed by atoms with E-state index in [1.54, 1.807) is 0 Å². The molecule has 186 valence electrons. The van der Waals surface area contributed by atoms with Gasteiger partial charge in [0.1, 0.15) is 18.0 Å². The molecule has 0 atom stereocenters. The number of nitrogens with one attached hydrogen (secondary N) is 1. The number of carbonyl (C=O) groups is 3. The quantitative estimate of drug-likeness (QED) is 0.334. The molecule has 0 aliphatic heterocycles. The number of rotatable bonds is 8. The molecule has 4 aromatic rings. The van der Waals surface area contributed by atoms with E-state index < -0.39 is 24.5 Å². The lowest BCUT2D eigenvalue weighted by Crippen LogP contribution is -2.34. The molecule has 8 nitrogen and oxygen atoms in total. The summed E-state index contributed by atoms with van der Waals surface area (Å²) in [5.74, 6) is -1.68. The molecule has 2 amide bonds. The van der Waals surface area contributed by atoms with Crippen LogP contribution in [0, 0.1) is 0 Å². The van der Waals surface area contributed by atoms with Crippen molar-refractivity contribution in [2.24, 2.45) is 0 Å². The largest absolute Gasteiger partial charge is 0.480 e. The van der Waals surface area contributed by atoms with Gasteiger partial charge in [0.15, 0.2) is 5.13 Å². The standard InChI is InChI=1S/C28H23N3O5S/c32-25(33)16-31(15-18-8-2-1-3-9-18)26(34)24-14-29-27(37-24)30-28(35)36-17-23-21-12-6-4-10-19(21)20-11-5-7-13-22(20)23/h1-14,23H,15-17H2,(H,32,33)(H,29,30,35). The maximum Gasteiger partial charge on any atom is 0.413 e. The van der Waals surface area contributed by atoms with Gasteiger partial charge in [-0.2, -0.15) is 0 Å². The lowest BCUT2D eigenvalue weighted by atomic mass is 9.98. The molecule has 0 spiro atoms. The molecular formula is C28H23N3O5S. The van der Waals surface area contributed by atoms with Crippen LogP contribution in [0.2, 0.25) is 0 Å². The van der Waals surface area contributed by atoms with E-state index in [1.165, 1.54) is 11.1 Å². The first-order valence-electron chi connectivity index (χ1n) is 11.6. The molecule has 37 heavy (non-hydrogen) atoms. The number of carboxylic acids is 1. The van der Waals surface area contributed by atoms with Crippen molar-refractivity contribution in [2.75, 3.05) is 18.5 Å². The van der Waals surface area contributed by atoms with Crippen molar-refractivity contribution < 1.29 is 24.2 Å². The summed E-state index contributed by atoms with van der Waals surface area (Å²) >= 11 is 0.963. The third-order valence-electron chi connectivity index (χ3n) is 6.10. The van der Waals surface area contributed by atoms with E-state index in [1.807, 2.05) is 66.7 Å². The molecule has 9 heteroatoms. The van der Waals surface area contributed by atoms with Crippen LogP contribution >= 0.6 is 11.3 Å². The molecule has 0 saturated heterocycles. The number of anilines is 1. The van der Waals surface area contributed by atoms with Gasteiger partial charge in [-0.15, -0.1) is 0 Å². The Bertz CT molecular complexity index is 1410. The Balaban J connectivity index is 1.23. The number of carbonyl (C=O) groups excluding carboxylic acids is 2. The second-order valence-corrected chi connectivity index (χ2v) is 9.55. The van der Waals surface area contributed by atoms with E-state index in [2.05, 4.69) is 22.4 Å². The molecule has 3 aromatic carbocycles. The van der Waals surface area contributed by atoms with Crippen LogP contribution in [0.1, 0.15) is 32.3 Å². The van der Waals surface area contributed by atoms with Crippen LogP contribution in [-0.4, -0.2) is 46.1 Å². The van der Waals surface area contributed by atoms with E-state index in [0.717, 1.165) is 39.2 Å². The van der Waals surface area contributed by atoms with E-state index in [4.69, 9.17) is 4.74 Å². The van der Waals surface area contributed by atoms with Crippen molar-refractivity contribution in [1.29, 1.82) is 0 Å². The summed E-state index contributed by atoms with van der Waals surface area (Å²) in [7, 11) is 0. The van der Waals surface area contributed by atoms with Gasteiger partial charge in [-0.05, 0) is 27.8 Å². The first-order chi connectivity index (χ1) is 18.0. The zero-order valence-corrected chi connectivity index (χ0v) is 20.5. The fourth-order valence-corrected chi connectivity index (χ4v) is 5.24. The van der Waals surface area contributed by atoms with Gasteiger partial charge in [0.25, 0.3) is 5.91 Å². The Morgan fingerprint density at radius 2 is 1.54 bits per heavy atom. The molecule has 0 saturated carbocycles. The van der Waals surface area contributed by atoms with Crippen LogP contribution in [0.4, 0.5) is 9.93 Å². The molecular weight excluding hydrogens is 490 g/mol. The molecule has 1 aliphatic carbocycles. The second kappa shape index (κ2) is 10.6. The number of carboxylic acid groups (broad SMARTS) is 1. The summed E-state index contributed by atoms with van der Waals surface area (Å²) in [6, 6.07) is 25.3. The number of benzene rings is 3. The number of aromatic nitrogens is 1. The molecule has 0 unspecified atom stereocenters. The van der Waals surface area contributed by atoms with Crippen LogP contribution in [0.15, 0.2) is 85.1 Å². The van der Waals surface area contributed by atoms with Gasteiger partial charge in [0, 0.05) is 12.5 Å². The minimum atomic E-state index is -1.12. The molecule has 1 aromatic heterocycles. The second-order valence-electron chi connectivity index (χ2n) is 8.52. The van der Waals surface area contributed by atoms with Crippen LogP contribution < -0.4 is 5.32 Å². The Labute approximate surface area is 217 Å². The highest BCUT2D eigenvalue weighted by Gasteiger charge is 2.29. The monoisotopic (exact) mass is 513 g/mol. The summed E-state index contributed by atoms with van der Waals surface area (Å²) in [6.45, 7) is -0.166. The van der Waals surface area contributed by atoms with Gasteiger partial charge < -0.3 is 14.7 Å². The fourth-order valence-electron chi connectivity index (χ4n) is 4.48. The van der Waals surface area contributed by atoms with Gasteiger partial charge >= 0.3 is 12.1 Å². The molecule has 5 rings (SSSR count). The highest BCUT2D eigenvalue weighted by Crippen LogP contribution is 2.44. The topological polar surface area (TPSA) is 109 Å². The average molecular weight is 514 g/mol. The first kappa shape index (κ1) is 24.2. The van der Waals surface area contributed by atoms with E-state index >= 15 is 0 Å². The number of hydrogen-bond acceptors (Lipinski definition) is 6. The summed E-state index contributed by atoms with van der Waals surface area (Å²) in [5, 5.41) is 12.0. The maximum atomic E-state index is 13.0. The normalized spacial score (nSPS) is 11.9. The highest BCUT2D eigenvalue weighted by molar-refractivity contribution is 7.17. The number of aliphatic carboxylic acids is 1. The molecule has 0 bridgehead atoms. The highest BCUT2D eigenvalue weighted by atomic mass is 32.1. The van der Waals surface area contributed by atoms with Crippen molar-refractivity contribution in [2.45, 2.75) is 12.5 Å². The molecule has 0 radical (unpaired) electrons. The van der Waals surface area contributed by atoms with E-state index in [-0.39, 0.29) is 29.1 Å². The minimum Gasteiger partial charge on any atom is -0.480 e. The molecule has 2 N–H and O–H groups in total.